The van der Waals surface area contributed by atoms with Crippen LogP contribution in [0.5, 0.6) is 0 Å². The number of anilines is 1. The average Bonchev–Trinajstić information content (AvgIpc) is 2.50. The van der Waals surface area contributed by atoms with Crippen molar-refractivity contribution in [3.8, 4) is 0 Å². The number of hydrogen-bond donors (Lipinski definition) is 0. The van der Waals surface area contributed by atoms with Crippen LogP contribution in [0, 0.1) is 6.92 Å². The first-order chi connectivity index (χ1) is 10.5. The summed E-state index contributed by atoms with van der Waals surface area (Å²) in [6, 6.07) is 7.81. The van der Waals surface area contributed by atoms with Gasteiger partial charge in [0.15, 0.2) is 5.57 Å². The number of esters is 2. The number of hydrogen-bond acceptors (Lipinski definition) is 5. The zero-order valence-corrected chi connectivity index (χ0v) is 13.6. The van der Waals surface area contributed by atoms with E-state index in [1.54, 1.807) is 13.8 Å². The van der Waals surface area contributed by atoms with E-state index in [1.807, 2.05) is 43.0 Å². The normalized spacial score (nSPS) is 9.82. The van der Waals surface area contributed by atoms with Gasteiger partial charge in [0.1, 0.15) is 0 Å². The van der Waals surface area contributed by atoms with Crippen molar-refractivity contribution in [2.24, 2.45) is 0 Å². The van der Waals surface area contributed by atoms with E-state index in [1.165, 1.54) is 6.20 Å². The van der Waals surface area contributed by atoms with Crippen LogP contribution < -0.4 is 4.90 Å². The first-order valence-corrected chi connectivity index (χ1v) is 7.42. The van der Waals surface area contributed by atoms with Gasteiger partial charge in [-0.2, -0.15) is 0 Å². The lowest BCUT2D eigenvalue weighted by molar-refractivity contribution is -0.146. The molecule has 0 unspecified atom stereocenters. The molecule has 0 fully saturated rings. The molecule has 0 atom stereocenters. The van der Waals surface area contributed by atoms with E-state index in [4.69, 9.17) is 9.47 Å². The summed E-state index contributed by atoms with van der Waals surface area (Å²) < 4.78 is 9.87. The molecule has 5 nitrogen and oxygen atoms in total. The Bertz CT molecular complexity index is 514. The molecule has 0 heterocycles. The van der Waals surface area contributed by atoms with Gasteiger partial charge in [0.2, 0.25) is 0 Å². The second-order valence-corrected chi connectivity index (χ2v) is 4.61. The Morgan fingerprint density at radius 2 is 1.50 bits per heavy atom. The molecule has 0 spiro atoms. The van der Waals surface area contributed by atoms with Crippen molar-refractivity contribution in [3.05, 3.63) is 41.6 Å². The Kier molecular flexibility index (Phi) is 7.16. The maximum atomic E-state index is 12.0. The van der Waals surface area contributed by atoms with Crippen LogP contribution in [-0.4, -0.2) is 31.7 Å². The van der Waals surface area contributed by atoms with Crippen molar-refractivity contribution >= 4 is 17.6 Å². The molecule has 0 saturated carbocycles. The lowest BCUT2D eigenvalue weighted by atomic mass is 10.2. The maximum absolute atomic E-state index is 12.0. The van der Waals surface area contributed by atoms with Gasteiger partial charge in [-0.15, -0.1) is 0 Å². The number of ether oxygens (including phenoxy) is 2. The van der Waals surface area contributed by atoms with Crippen LogP contribution in [0.2, 0.25) is 0 Å². The second kappa shape index (κ2) is 8.87. The Balaban J connectivity index is 3.12. The molecule has 0 aliphatic rings. The predicted molar refractivity (Wildman–Crippen MR) is 85.5 cm³/mol. The van der Waals surface area contributed by atoms with Crippen molar-refractivity contribution in [1.29, 1.82) is 0 Å². The summed E-state index contributed by atoms with van der Waals surface area (Å²) in [5.41, 5.74) is 1.92. The van der Waals surface area contributed by atoms with Gasteiger partial charge in [-0.1, -0.05) is 17.7 Å². The molecule has 0 N–H and O–H groups in total. The summed E-state index contributed by atoms with van der Waals surface area (Å²) in [4.78, 5) is 25.8. The van der Waals surface area contributed by atoms with Crippen LogP contribution in [0.15, 0.2) is 36.0 Å². The minimum Gasteiger partial charge on any atom is -0.462 e. The molecule has 0 aliphatic heterocycles. The van der Waals surface area contributed by atoms with Crippen LogP contribution in [-0.2, 0) is 19.1 Å². The molecular weight excluding hydrogens is 282 g/mol. The van der Waals surface area contributed by atoms with Crippen LogP contribution in [0.1, 0.15) is 26.3 Å². The second-order valence-electron chi connectivity index (χ2n) is 4.61. The Morgan fingerprint density at radius 3 is 1.91 bits per heavy atom. The topological polar surface area (TPSA) is 55.8 Å². The van der Waals surface area contributed by atoms with Gasteiger partial charge in [-0.3, -0.25) is 0 Å². The van der Waals surface area contributed by atoms with Crippen molar-refractivity contribution in [3.63, 3.8) is 0 Å². The van der Waals surface area contributed by atoms with Crippen molar-refractivity contribution in [2.45, 2.75) is 27.7 Å². The maximum Gasteiger partial charge on any atom is 0.347 e. The fourth-order valence-electron chi connectivity index (χ4n) is 1.85. The lowest BCUT2D eigenvalue weighted by Crippen LogP contribution is -2.24. The number of benzene rings is 1. The van der Waals surface area contributed by atoms with Crippen molar-refractivity contribution < 1.29 is 19.1 Å². The molecule has 1 aromatic rings. The van der Waals surface area contributed by atoms with Crippen LogP contribution in [0.4, 0.5) is 5.69 Å². The highest BCUT2D eigenvalue weighted by molar-refractivity contribution is 6.14. The Labute approximate surface area is 131 Å². The Hall–Kier alpha value is -2.30. The third kappa shape index (κ3) is 4.91. The zero-order valence-electron chi connectivity index (χ0n) is 13.6. The lowest BCUT2D eigenvalue weighted by Gasteiger charge is -2.20. The number of aryl methyl sites for hydroxylation is 1. The third-order valence-electron chi connectivity index (χ3n) is 2.98. The molecule has 0 bridgehead atoms. The quantitative estimate of drug-likeness (QED) is 0.335. The summed E-state index contributed by atoms with van der Waals surface area (Å²) in [6.07, 6.45) is 1.49. The highest BCUT2D eigenvalue weighted by Crippen LogP contribution is 2.17. The molecule has 120 valence electrons. The van der Waals surface area contributed by atoms with E-state index >= 15 is 0 Å². The van der Waals surface area contributed by atoms with E-state index in [-0.39, 0.29) is 18.8 Å². The number of nitrogens with zero attached hydrogens (tertiary/aromatic N) is 1. The largest absolute Gasteiger partial charge is 0.462 e. The highest BCUT2D eigenvalue weighted by atomic mass is 16.6. The van der Waals surface area contributed by atoms with E-state index < -0.39 is 11.9 Å². The van der Waals surface area contributed by atoms with Gasteiger partial charge in [0.25, 0.3) is 0 Å². The number of carbonyl (C=O) groups excluding carboxylic acids is 2. The fraction of sp³-hybridized carbons (Fsp3) is 0.412. The van der Waals surface area contributed by atoms with Gasteiger partial charge in [0.05, 0.1) is 13.2 Å². The SMILES string of the molecule is CCOC(=O)C(=CN(CC)c1ccc(C)cc1)C(=O)OCC. The minimum atomic E-state index is -0.675. The highest BCUT2D eigenvalue weighted by Gasteiger charge is 2.22. The predicted octanol–water partition coefficient (Wildman–Crippen LogP) is 2.83. The molecule has 0 amide bonds. The molecule has 0 aromatic heterocycles. The molecule has 5 heteroatoms. The molecule has 1 aromatic carbocycles. The minimum absolute atomic E-state index is 0.105. The van der Waals surface area contributed by atoms with E-state index in [0.29, 0.717) is 6.54 Å². The molecule has 1 rings (SSSR count). The van der Waals surface area contributed by atoms with E-state index in [9.17, 15) is 9.59 Å². The standard InChI is InChI=1S/C17H23NO4/c1-5-18(14-10-8-13(4)9-11-14)12-15(16(19)21-6-2)17(20)22-7-3/h8-12H,5-7H2,1-4H3. The first-order valence-electron chi connectivity index (χ1n) is 7.42. The molecule has 0 aliphatic carbocycles. The van der Waals surface area contributed by atoms with Gasteiger partial charge in [-0.05, 0) is 39.8 Å². The van der Waals surface area contributed by atoms with Crippen LogP contribution >= 0.6 is 0 Å². The van der Waals surface area contributed by atoms with Crippen LogP contribution in [0.25, 0.3) is 0 Å². The Morgan fingerprint density at radius 1 is 1.00 bits per heavy atom. The summed E-state index contributed by atoms with van der Waals surface area (Å²) in [6.45, 7) is 8.32. The van der Waals surface area contributed by atoms with Crippen molar-refractivity contribution in [2.75, 3.05) is 24.7 Å². The first kappa shape index (κ1) is 17.8. The summed E-state index contributed by atoms with van der Waals surface area (Å²) >= 11 is 0. The monoisotopic (exact) mass is 305 g/mol. The zero-order chi connectivity index (χ0) is 16.5. The summed E-state index contributed by atoms with van der Waals surface area (Å²) in [5.74, 6) is -1.35. The van der Waals surface area contributed by atoms with Gasteiger partial charge < -0.3 is 14.4 Å². The number of carbonyl (C=O) groups is 2. The van der Waals surface area contributed by atoms with E-state index in [0.717, 1.165) is 11.3 Å². The smallest absolute Gasteiger partial charge is 0.347 e. The average molecular weight is 305 g/mol. The third-order valence-corrected chi connectivity index (χ3v) is 2.98. The van der Waals surface area contributed by atoms with Crippen molar-refractivity contribution in [1.82, 2.24) is 0 Å². The molecule has 0 saturated heterocycles. The van der Waals surface area contributed by atoms with Gasteiger partial charge >= 0.3 is 11.9 Å². The van der Waals surface area contributed by atoms with Crippen LogP contribution in [0.3, 0.4) is 0 Å². The van der Waals surface area contributed by atoms with Gasteiger partial charge in [0, 0.05) is 18.4 Å². The molecular formula is C17H23NO4. The summed E-state index contributed by atoms with van der Waals surface area (Å²) in [7, 11) is 0. The number of rotatable bonds is 7. The molecule has 0 radical (unpaired) electrons. The van der Waals surface area contributed by atoms with Gasteiger partial charge in [-0.25, -0.2) is 9.59 Å². The van der Waals surface area contributed by atoms with E-state index in [2.05, 4.69) is 0 Å². The summed E-state index contributed by atoms with van der Waals surface area (Å²) in [5, 5.41) is 0. The molecule has 22 heavy (non-hydrogen) atoms. The fourth-order valence-corrected chi connectivity index (χ4v) is 1.85.